The van der Waals surface area contributed by atoms with E-state index in [1.807, 2.05) is 0 Å². The van der Waals surface area contributed by atoms with Gasteiger partial charge in [0.2, 0.25) is 0 Å². The first kappa shape index (κ1) is 31.1. The van der Waals surface area contributed by atoms with Gasteiger partial charge in [-0.25, -0.2) is 23.8 Å². The highest BCUT2D eigenvalue weighted by molar-refractivity contribution is 5.94. The molecule has 0 aliphatic rings. The Morgan fingerprint density at radius 1 is 0.900 bits per heavy atom. The lowest BCUT2D eigenvalue weighted by Gasteiger charge is -2.18. The van der Waals surface area contributed by atoms with Crippen LogP contribution in [0.2, 0.25) is 0 Å². The fourth-order valence-electron chi connectivity index (χ4n) is 3.23. The van der Waals surface area contributed by atoms with Crippen molar-refractivity contribution in [3.05, 3.63) is 59.5 Å². The summed E-state index contributed by atoms with van der Waals surface area (Å²) in [5.74, 6) is -4.40. The molecule has 7 N–H and O–H groups in total. The molecule has 0 radical (unpaired) electrons. The number of halogens is 1. The van der Waals surface area contributed by atoms with Crippen molar-refractivity contribution in [1.82, 2.24) is 20.9 Å². The zero-order valence-electron chi connectivity index (χ0n) is 21.2. The normalized spacial score (nSPS) is 12.2. The molecule has 2 rings (SSSR count). The van der Waals surface area contributed by atoms with Gasteiger partial charge >= 0.3 is 23.9 Å². The molecular weight excluding hydrogens is 531 g/mol. The second-order valence-corrected chi connectivity index (χ2v) is 8.44. The second kappa shape index (κ2) is 16.0. The number of nitrogens with one attached hydrogen (secondary N) is 4. The van der Waals surface area contributed by atoms with E-state index in [0.29, 0.717) is 24.2 Å². The van der Waals surface area contributed by atoms with Crippen LogP contribution < -0.4 is 21.4 Å². The van der Waals surface area contributed by atoms with Crippen LogP contribution in [0.4, 0.5) is 15.0 Å². The minimum Gasteiger partial charge on any atom is -0.481 e. The van der Waals surface area contributed by atoms with Crippen molar-refractivity contribution >= 4 is 41.9 Å². The average molecular weight is 561 g/mol. The van der Waals surface area contributed by atoms with Crippen LogP contribution >= 0.6 is 0 Å². The molecule has 40 heavy (non-hydrogen) atoms. The number of anilines is 1. The number of nitrogens with zero attached hydrogens (tertiary/aromatic N) is 2. The third-order valence-electron chi connectivity index (χ3n) is 5.35. The summed E-state index contributed by atoms with van der Waals surface area (Å²) >= 11 is 0. The summed E-state index contributed by atoms with van der Waals surface area (Å²) in [6.07, 6.45) is 2.67. The van der Waals surface area contributed by atoms with E-state index in [1.165, 1.54) is 30.6 Å². The zero-order chi connectivity index (χ0) is 29.5. The highest BCUT2D eigenvalue weighted by Gasteiger charge is 2.24. The average Bonchev–Trinajstić information content (AvgIpc) is 2.91. The lowest BCUT2D eigenvalue weighted by molar-refractivity contribution is -0.140. The van der Waals surface area contributed by atoms with E-state index in [9.17, 15) is 33.5 Å². The number of hydrogen-bond donors (Lipinski definition) is 7. The third-order valence-corrected chi connectivity index (χ3v) is 5.35. The van der Waals surface area contributed by atoms with Crippen molar-refractivity contribution in [2.75, 3.05) is 12.0 Å². The maximum Gasteiger partial charge on any atom is 0.326 e. The van der Waals surface area contributed by atoms with Gasteiger partial charge in [-0.3, -0.25) is 15.0 Å². The number of amides is 3. The molecule has 0 bridgehead atoms. The van der Waals surface area contributed by atoms with E-state index in [4.69, 9.17) is 10.2 Å². The lowest BCUT2D eigenvalue weighted by atomic mass is 10.1. The number of carboxylic acid groups (broad SMARTS) is 3. The molecule has 0 saturated carbocycles. The number of aliphatic carboxylic acids is 3. The molecule has 0 aliphatic heterocycles. The van der Waals surface area contributed by atoms with Crippen LogP contribution in [-0.2, 0) is 14.4 Å². The molecule has 0 saturated heterocycles. The first-order chi connectivity index (χ1) is 19.0. The topological polar surface area (TPSA) is 219 Å². The molecule has 14 nitrogen and oxygen atoms in total. The van der Waals surface area contributed by atoms with Gasteiger partial charge in [-0.1, -0.05) is 12.1 Å². The number of pyridine rings is 1. The Kier molecular flexibility index (Phi) is 12.5. The highest BCUT2D eigenvalue weighted by Crippen LogP contribution is 2.07. The summed E-state index contributed by atoms with van der Waals surface area (Å²) in [5.41, 5.74) is 3.65. The van der Waals surface area contributed by atoms with Gasteiger partial charge in [0.25, 0.3) is 5.91 Å². The number of hydrogen-bond acceptors (Lipinski definition) is 8. The minimum atomic E-state index is -1.49. The maximum absolute atomic E-state index is 12.9. The van der Waals surface area contributed by atoms with Crippen molar-refractivity contribution in [2.45, 2.75) is 44.2 Å². The number of rotatable bonds is 16. The molecule has 0 fully saturated rings. The fourth-order valence-corrected chi connectivity index (χ4v) is 3.23. The Bertz CT molecular complexity index is 1210. The number of aromatic nitrogens is 1. The fraction of sp³-hybridized carbons (Fsp3) is 0.320. The Balaban J connectivity index is 1.72. The Morgan fingerprint density at radius 3 is 2.12 bits per heavy atom. The van der Waals surface area contributed by atoms with E-state index < -0.39 is 48.4 Å². The number of urea groups is 1. The van der Waals surface area contributed by atoms with Crippen LogP contribution in [0, 0.1) is 5.82 Å². The van der Waals surface area contributed by atoms with Gasteiger partial charge in [0.15, 0.2) is 0 Å². The van der Waals surface area contributed by atoms with Crippen molar-refractivity contribution in [3.8, 4) is 0 Å². The molecule has 3 amide bonds. The molecule has 15 heteroatoms. The molecular formula is C25H29FN6O8. The Morgan fingerprint density at radius 2 is 1.55 bits per heavy atom. The summed E-state index contributed by atoms with van der Waals surface area (Å²) in [7, 11) is 0. The molecule has 2 atom stereocenters. The number of carboxylic acids is 3. The van der Waals surface area contributed by atoms with E-state index in [0.717, 1.165) is 0 Å². The first-order valence-corrected chi connectivity index (χ1v) is 12.1. The van der Waals surface area contributed by atoms with Crippen molar-refractivity contribution in [2.24, 2.45) is 5.10 Å². The standard InChI is InChI=1S/C25H29FN6O8/c26-17-7-4-15(5-8-17)13-29-32-20-10-6-16(14-28-20)22(35)27-12-2-1-3-18(23(36)37)30-25(40)31-19(24(38)39)9-11-21(33)34/h4-8,10,13-14,18-19H,1-3,9,11-12H2,(H,27,35)(H,28,32)(H,33,34)(H,36,37)(H,38,39)(H2,30,31,40)/b29-13+. The summed E-state index contributed by atoms with van der Waals surface area (Å²) in [6, 6.07) is 4.93. The number of carbonyl (C=O) groups excluding carboxylic acids is 2. The predicted octanol–water partition coefficient (Wildman–Crippen LogP) is 1.64. The van der Waals surface area contributed by atoms with Crippen LogP contribution in [0.25, 0.3) is 0 Å². The quantitative estimate of drug-likeness (QED) is 0.0893. The molecule has 1 heterocycles. The molecule has 214 valence electrons. The van der Waals surface area contributed by atoms with E-state index in [1.54, 1.807) is 18.2 Å². The summed E-state index contributed by atoms with van der Waals surface area (Å²) in [4.78, 5) is 61.7. The largest absolute Gasteiger partial charge is 0.481 e. The molecule has 0 aliphatic carbocycles. The van der Waals surface area contributed by atoms with Crippen molar-refractivity contribution in [3.63, 3.8) is 0 Å². The molecule has 1 aromatic heterocycles. The summed E-state index contributed by atoms with van der Waals surface area (Å²) in [5, 5.41) is 38.0. The lowest BCUT2D eigenvalue weighted by Crippen LogP contribution is -2.51. The first-order valence-electron chi connectivity index (χ1n) is 12.1. The Labute approximate surface area is 227 Å². The maximum atomic E-state index is 12.9. The molecule has 2 aromatic rings. The van der Waals surface area contributed by atoms with Gasteiger partial charge in [0.1, 0.15) is 23.7 Å². The van der Waals surface area contributed by atoms with Crippen LogP contribution in [0.3, 0.4) is 0 Å². The van der Waals surface area contributed by atoms with E-state index in [-0.39, 0.29) is 30.8 Å². The van der Waals surface area contributed by atoms with Crippen LogP contribution in [0.1, 0.15) is 48.0 Å². The minimum absolute atomic E-state index is 0.00580. The second-order valence-electron chi connectivity index (χ2n) is 8.44. The van der Waals surface area contributed by atoms with Crippen molar-refractivity contribution in [1.29, 1.82) is 0 Å². The molecule has 1 aromatic carbocycles. The van der Waals surface area contributed by atoms with E-state index >= 15 is 0 Å². The number of hydrazone groups is 1. The number of carbonyl (C=O) groups is 5. The van der Waals surface area contributed by atoms with E-state index in [2.05, 4.69) is 31.5 Å². The predicted molar refractivity (Wildman–Crippen MR) is 139 cm³/mol. The summed E-state index contributed by atoms with van der Waals surface area (Å²) < 4.78 is 12.9. The van der Waals surface area contributed by atoms with Crippen molar-refractivity contribution < 1.29 is 43.7 Å². The molecule has 2 unspecified atom stereocenters. The van der Waals surface area contributed by atoms with Crippen LogP contribution in [0.5, 0.6) is 0 Å². The summed E-state index contributed by atoms with van der Waals surface area (Å²) in [6.45, 7) is 0.218. The highest BCUT2D eigenvalue weighted by atomic mass is 19.1. The van der Waals surface area contributed by atoms with Gasteiger partial charge in [0, 0.05) is 19.2 Å². The SMILES string of the molecule is O=C(O)CCC(NC(=O)NC(CCCCNC(=O)c1ccc(N/N=C/c2ccc(F)cc2)nc1)C(=O)O)C(=O)O. The van der Waals surface area contributed by atoms with Crippen LogP contribution in [-0.4, -0.2) is 75.0 Å². The molecule has 0 spiro atoms. The zero-order valence-corrected chi connectivity index (χ0v) is 21.2. The number of benzene rings is 1. The Hall–Kier alpha value is -5.08. The third kappa shape index (κ3) is 11.5. The monoisotopic (exact) mass is 560 g/mol. The smallest absolute Gasteiger partial charge is 0.326 e. The van der Waals surface area contributed by atoms with Gasteiger partial charge in [0.05, 0.1) is 11.8 Å². The van der Waals surface area contributed by atoms with Gasteiger partial charge in [-0.2, -0.15) is 5.10 Å². The van der Waals surface area contributed by atoms with Gasteiger partial charge in [-0.05, 0) is 55.5 Å². The van der Waals surface area contributed by atoms with Gasteiger partial charge in [-0.15, -0.1) is 0 Å². The number of unbranched alkanes of at least 4 members (excludes halogenated alkanes) is 1. The van der Waals surface area contributed by atoms with Gasteiger partial charge < -0.3 is 31.3 Å². The van der Waals surface area contributed by atoms with Crippen LogP contribution in [0.15, 0.2) is 47.7 Å².